The molecule has 3 rings (SSSR count). The van der Waals surface area contributed by atoms with E-state index in [2.05, 4.69) is 5.32 Å². The van der Waals surface area contributed by atoms with Crippen LogP contribution in [-0.4, -0.2) is 10.5 Å². The molecular formula is C16H12Cl2N2O3. The van der Waals surface area contributed by atoms with Gasteiger partial charge in [0.15, 0.2) is 5.58 Å². The molecule has 1 N–H and O–H groups in total. The van der Waals surface area contributed by atoms with Crippen LogP contribution in [0.3, 0.4) is 0 Å². The lowest BCUT2D eigenvalue weighted by atomic mass is 10.3. The van der Waals surface area contributed by atoms with Gasteiger partial charge in [0.1, 0.15) is 0 Å². The molecule has 0 spiro atoms. The number of hydrogen-bond acceptors (Lipinski definition) is 3. The quantitative estimate of drug-likeness (QED) is 0.775. The lowest BCUT2D eigenvalue weighted by Gasteiger charge is -2.07. The molecule has 0 fully saturated rings. The van der Waals surface area contributed by atoms with Crippen LogP contribution < -0.4 is 11.1 Å². The maximum absolute atomic E-state index is 12.0. The van der Waals surface area contributed by atoms with Crippen LogP contribution in [0.25, 0.3) is 11.1 Å². The van der Waals surface area contributed by atoms with Crippen LogP contribution in [0.5, 0.6) is 0 Å². The van der Waals surface area contributed by atoms with Gasteiger partial charge in [-0.25, -0.2) is 4.79 Å². The highest BCUT2D eigenvalue weighted by molar-refractivity contribution is 6.36. The van der Waals surface area contributed by atoms with Gasteiger partial charge >= 0.3 is 5.76 Å². The van der Waals surface area contributed by atoms with Crippen molar-refractivity contribution in [1.82, 2.24) is 4.57 Å². The molecule has 0 aliphatic carbocycles. The van der Waals surface area contributed by atoms with Crippen molar-refractivity contribution in [1.29, 1.82) is 0 Å². The SMILES string of the molecule is O=C(CCn1c(=O)oc2ccccc21)Nc1ccc(Cl)cc1Cl. The summed E-state index contributed by atoms with van der Waals surface area (Å²) in [5, 5.41) is 3.54. The molecule has 0 radical (unpaired) electrons. The van der Waals surface area contributed by atoms with E-state index >= 15 is 0 Å². The minimum Gasteiger partial charge on any atom is -0.408 e. The van der Waals surface area contributed by atoms with Crippen molar-refractivity contribution in [2.24, 2.45) is 0 Å². The number of amides is 1. The second kappa shape index (κ2) is 6.48. The number of anilines is 1. The molecule has 2 aromatic carbocycles. The molecule has 7 heteroatoms. The number of rotatable bonds is 4. The zero-order valence-electron chi connectivity index (χ0n) is 11.9. The van der Waals surface area contributed by atoms with E-state index in [9.17, 15) is 9.59 Å². The maximum atomic E-state index is 12.0. The molecule has 3 aromatic rings. The minimum absolute atomic E-state index is 0.113. The zero-order valence-corrected chi connectivity index (χ0v) is 13.4. The van der Waals surface area contributed by atoms with Gasteiger partial charge in [-0.15, -0.1) is 0 Å². The lowest BCUT2D eigenvalue weighted by molar-refractivity contribution is -0.116. The van der Waals surface area contributed by atoms with E-state index < -0.39 is 5.76 Å². The fourth-order valence-electron chi connectivity index (χ4n) is 2.24. The largest absolute Gasteiger partial charge is 0.419 e. The summed E-state index contributed by atoms with van der Waals surface area (Å²) in [6, 6.07) is 11.9. The van der Waals surface area contributed by atoms with Crippen molar-refractivity contribution in [3.05, 3.63) is 63.1 Å². The third-order valence-corrected chi connectivity index (χ3v) is 3.89. The van der Waals surface area contributed by atoms with Gasteiger partial charge in [0.05, 0.1) is 16.2 Å². The number of nitrogens with one attached hydrogen (secondary N) is 1. The fraction of sp³-hybridized carbons (Fsp3) is 0.125. The molecule has 0 aliphatic rings. The van der Waals surface area contributed by atoms with Crippen LogP contribution in [0.1, 0.15) is 6.42 Å². The van der Waals surface area contributed by atoms with Gasteiger partial charge < -0.3 is 9.73 Å². The summed E-state index contributed by atoms with van der Waals surface area (Å²) in [6.07, 6.45) is 0.113. The monoisotopic (exact) mass is 350 g/mol. The Bertz CT molecular complexity index is 930. The van der Waals surface area contributed by atoms with Gasteiger partial charge in [-0.3, -0.25) is 9.36 Å². The molecule has 0 bridgehead atoms. The summed E-state index contributed by atoms with van der Waals surface area (Å²) < 4.78 is 6.55. The van der Waals surface area contributed by atoms with Gasteiger partial charge in [-0.1, -0.05) is 35.3 Å². The van der Waals surface area contributed by atoms with Crippen LogP contribution in [0.4, 0.5) is 5.69 Å². The predicted octanol–water partition coefficient (Wildman–Crippen LogP) is 3.93. The molecule has 0 saturated carbocycles. The molecule has 0 aliphatic heterocycles. The number of fused-ring (bicyclic) bond motifs is 1. The van der Waals surface area contributed by atoms with Gasteiger partial charge in [-0.05, 0) is 30.3 Å². The summed E-state index contributed by atoms with van der Waals surface area (Å²) in [6.45, 7) is 0.215. The van der Waals surface area contributed by atoms with Crippen LogP contribution in [0.15, 0.2) is 51.7 Å². The lowest BCUT2D eigenvalue weighted by Crippen LogP contribution is -2.19. The highest BCUT2D eigenvalue weighted by Crippen LogP contribution is 2.25. The smallest absolute Gasteiger partial charge is 0.408 e. The highest BCUT2D eigenvalue weighted by Gasteiger charge is 2.11. The number of aryl methyl sites for hydroxylation is 1. The van der Waals surface area contributed by atoms with Crippen LogP contribution >= 0.6 is 23.2 Å². The number of para-hydroxylation sites is 2. The predicted molar refractivity (Wildman–Crippen MR) is 90.2 cm³/mol. The van der Waals surface area contributed by atoms with Gasteiger partial charge in [0.2, 0.25) is 5.91 Å². The molecule has 0 saturated heterocycles. The van der Waals surface area contributed by atoms with Crippen molar-refractivity contribution in [3.8, 4) is 0 Å². The van der Waals surface area contributed by atoms with Crippen LogP contribution in [0.2, 0.25) is 10.0 Å². The third kappa shape index (κ3) is 3.41. The average molecular weight is 351 g/mol. The second-order valence-corrected chi connectivity index (χ2v) is 5.75. The average Bonchev–Trinajstić information content (AvgIpc) is 2.83. The topological polar surface area (TPSA) is 64.2 Å². The summed E-state index contributed by atoms with van der Waals surface area (Å²) in [4.78, 5) is 23.9. The first-order valence-electron chi connectivity index (χ1n) is 6.88. The Balaban J connectivity index is 1.71. The minimum atomic E-state index is -0.483. The summed E-state index contributed by atoms with van der Waals surface area (Å²) in [5.41, 5.74) is 1.64. The molecule has 5 nitrogen and oxygen atoms in total. The molecule has 23 heavy (non-hydrogen) atoms. The Morgan fingerprint density at radius 1 is 1.17 bits per heavy atom. The number of carbonyl (C=O) groups is 1. The molecule has 1 heterocycles. The Morgan fingerprint density at radius 3 is 2.74 bits per heavy atom. The summed E-state index contributed by atoms with van der Waals surface area (Å²) in [5.74, 6) is -0.741. The van der Waals surface area contributed by atoms with E-state index in [1.54, 1.807) is 42.5 Å². The number of hydrogen-bond donors (Lipinski definition) is 1. The number of halogens is 2. The van der Waals surface area contributed by atoms with E-state index in [0.717, 1.165) is 0 Å². The highest BCUT2D eigenvalue weighted by atomic mass is 35.5. The molecule has 0 unspecified atom stereocenters. The van der Waals surface area contributed by atoms with Crippen molar-refractivity contribution in [2.75, 3.05) is 5.32 Å². The first-order chi connectivity index (χ1) is 11.0. The number of aromatic nitrogens is 1. The van der Waals surface area contributed by atoms with Gasteiger partial charge in [0.25, 0.3) is 0 Å². The van der Waals surface area contributed by atoms with Crippen molar-refractivity contribution in [3.63, 3.8) is 0 Å². The summed E-state index contributed by atoms with van der Waals surface area (Å²) in [7, 11) is 0. The van der Waals surface area contributed by atoms with E-state index in [0.29, 0.717) is 26.8 Å². The Labute approximate surface area is 141 Å². The second-order valence-electron chi connectivity index (χ2n) is 4.91. The van der Waals surface area contributed by atoms with Crippen LogP contribution in [0, 0.1) is 0 Å². The first-order valence-corrected chi connectivity index (χ1v) is 7.63. The molecule has 1 aromatic heterocycles. The zero-order chi connectivity index (χ0) is 16.4. The summed E-state index contributed by atoms with van der Waals surface area (Å²) >= 11 is 11.8. The molecule has 0 atom stereocenters. The molecule has 1 amide bonds. The van der Waals surface area contributed by atoms with Crippen LogP contribution in [-0.2, 0) is 11.3 Å². The fourth-order valence-corrected chi connectivity index (χ4v) is 2.70. The van der Waals surface area contributed by atoms with E-state index in [1.165, 1.54) is 4.57 Å². The van der Waals surface area contributed by atoms with Crippen molar-refractivity contribution in [2.45, 2.75) is 13.0 Å². The van der Waals surface area contributed by atoms with Crippen molar-refractivity contribution < 1.29 is 9.21 Å². The van der Waals surface area contributed by atoms with Crippen molar-refractivity contribution >= 4 is 45.9 Å². The van der Waals surface area contributed by atoms with Gasteiger partial charge in [-0.2, -0.15) is 0 Å². The Hall–Kier alpha value is -2.24. The normalized spacial score (nSPS) is 10.9. The standard InChI is InChI=1S/C16H12Cl2N2O3/c17-10-5-6-12(11(18)9-10)19-15(21)7-8-20-13-3-1-2-4-14(13)23-16(20)22/h1-6,9H,7-8H2,(H,19,21). The third-order valence-electron chi connectivity index (χ3n) is 3.34. The molecular weight excluding hydrogens is 339 g/mol. The van der Waals surface area contributed by atoms with E-state index in [1.807, 2.05) is 0 Å². The Morgan fingerprint density at radius 2 is 1.96 bits per heavy atom. The van der Waals surface area contributed by atoms with Gasteiger partial charge in [0, 0.05) is 18.0 Å². The molecule has 118 valence electrons. The maximum Gasteiger partial charge on any atom is 0.419 e. The first kappa shape index (κ1) is 15.6. The van der Waals surface area contributed by atoms with E-state index in [-0.39, 0.29) is 18.9 Å². The van der Waals surface area contributed by atoms with E-state index in [4.69, 9.17) is 27.6 Å². The Kier molecular flexibility index (Phi) is 4.41. The number of benzene rings is 2. The number of carbonyl (C=O) groups excluding carboxylic acids is 1. The number of nitrogens with zero attached hydrogens (tertiary/aromatic N) is 1. The number of oxazole rings is 1.